The molecule has 0 aliphatic carbocycles. The van der Waals surface area contributed by atoms with Crippen LogP contribution in [0.4, 0.5) is 18.9 Å². The molecule has 0 aliphatic rings. The third-order valence-corrected chi connectivity index (χ3v) is 4.13. The van der Waals surface area contributed by atoms with Crippen molar-refractivity contribution in [2.45, 2.75) is 12.7 Å². The number of carbonyl (C=O) groups is 1. The standard InChI is InChI=1S/C16H12F3N3OS/c17-16(18,19)14-7-8-22(21-14)10-15(23)20-12-5-2-1-4-11(12)13-6-3-9-24-13/h1-9H,10H2,(H,20,23). The number of nitrogens with one attached hydrogen (secondary N) is 1. The van der Waals surface area contributed by atoms with Crippen LogP contribution in [0.5, 0.6) is 0 Å². The zero-order valence-electron chi connectivity index (χ0n) is 12.2. The molecule has 124 valence electrons. The number of anilines is 1. The van der Waals surface area contributed by atoms with Gasteiger partial charge in [0.2, 0.25) is 5.91 Å². The Bertz CT molecular complexity index is 840. The molecule has 3 rings (SSSR count). The predicted octanol–water partition coefficient (Wildman–Crippen LogP) is 4.27. The van der Waals surface area contributed by atoms with Gasteiger partial charge in [-0.1, -0.05) is 24.3 Å². The molecule has 8 heteroatoms. The number of nitrogens with zero attached hydrogens (tertiary/aromatic N) is 2. The minimum absolute atomic E-state index is 0.297. The summed E-state index contributed by atoms with van der Waals surface area (Å²) in [4.78, 5) is 13.1. The number of para-hydroxylation sites is 1. The fourth-order valence-electron chi connectivity index (χ4n) is 2.18. The first kappa shape index (κ1) is 16.3. The Morgan fingerprint density at radius 2 is 1.96 bits per heavy atom. The topological polar surface area (TPSA) is 46.9 Å². The molecule has 24 heavy (non-hydrogen) atoms. The maximum atomic E-state index is 12.5. The van der Waals surface area contributed by atoms with Gasteiger partial charge in [-0.05, 0) is 23.6 Å². The van der Waals surface area contributed by atoms with Crippen LogP contribution in [0, 0.1) is 0 Å². The molecule has 2 heterocycles. The fraction of sp³-hybridized carbons (Fsp3) is 0.125. The molecule has 0 radical (unpaired) electrons. The number of aromatic nitrogens is 2. The third-order valence-electron chi connectivity index (χ3n) is 3.22. The van der Waals surface area contributed by atoms with E-state index in [4.69, 9.17) is 0 Å². The molecule has 0 saturated heterocycles. The van der Waals surface area contributed by atoms with E-state index in [2.05, 4.69) is 10.4 Å². The predicted molar refractivity (Wildman–Crippen MR) is 85.6 cm³/mol. The second kappa shape index (κ2) is 6.48. The van der Waals surface area contributed by atoms with Gasteiger partial charge < -0.3 is 5.32 Å². The summed E-state index contributed by atoms with van der Waals surface area (Å²) in [6.45, 7) is -0.297. The highest BCUT2D eigenvalue weighted by Gasteiger charge is 2.33. The summed E-state index contributed by atoms with van der Waals surface area (Å²) in [7, 11) is 0. The molecular formula is C16H12F3N3OS. The monoisotopic (exact) mass is 351 g/mol. The Hall–Kier alpha value is -2.61. The number of amides is 1. The van der Waals surface area contributed by atoms with Gasteiger partial charge in [0.25, 0.3) is 0 Å². The molecule has 3 aromatic rings. The maximum absolute atomic E-state index is 12.5. The van der Waals surface area contributed by atoms with E-state index in [1.54, 1.807) is 12.1 Å². The third kappa shape index (κ3) is 3.65. The van der Waals surface area contributed by atoms with E-state index < -0.39 is 17.8 Å². The van der Waals surface area contributed by atoms with Crippen LogP contribution in [0.3, 0.4) is 0 Å². The summed E-state index contributed by atoms with van der Waals surface area (Å²) < 4.78 is 38.5. The van der Waals surface area contributed by atoms with Gasteiger partial charge in [-0.2, -0.15) is 18.3 Å². The average Bonchev–Trinajstić information content (AvgIpc) is 3.18. The lowest BCUT2D eigenvalue weighted by Gasteiger charge is -2.10. The van der Waals surface area contributed by atoms with Crippen molar-refractivity contribution >= 4 is 22.9 Å². The molecule has 0 spiro atoms. The first-order valence-corrected chi connectivity index (χ1v) is 7.85. The summed E-state index contributed by atoms with van der Waals surface area (Å²) in [6, 6.07) is 11.9. The Morgan fingerprint density at radius 3 is 2.62 bits per heavy atom. The van der Waals surface area contributed by atoms with Crippen molar-refractivity contribution in [1.82, 2.24) is 9.78 Å². The van der Waals surface area contributed by atoms with Crippen LogP contribution < -0.4 is 5.32 Å². The van der Waals surface area contributed by atoms with E-state index in [0.717, 1.165) is 27.4 Å². The first-order valence-electron chi connectivity index (χ1n) is 6.97. The van der Waals surface area contributed by atoms with Crippen LogP contribution >= 0.6 is 11.3 Å². The molecular weight excluding hydrogens is 339 g/mol. The molecule has 1 amide bonds. The zero-order valence-corrected chi connectivity index (χ0v) is 13.1. The van der Waals surface area contributed by atoms with E-state index in [1.807, 2.05) is 29.6 Å². The van der Waals surface area contributed by atoms with Gasteiger partial charge in [-0.3, -0.25) is 9.48 Å². The smallest absolute Gasteiger partial charge is 0.324 e. The summed E-state index contributed by atoms with van der Waals surface area (Å²) >= 11 is 1.53. The quantitative estimate of drug-likeness (QED) is 0.763. The normalized spacial score (nSPS) is 11.5. The van der Waals surface area contributed by atoms with Gasteiger partial charge in [-0.15, -0.1) is 11.3 Å². The number of benzene rings is 1. The van der Waals surface area contributed by atoms with Crippen LogP contribution in [-0.2, 0) is 17.5 Å². The van der Waals surface area contributed by atoms with Crippen LogP contribution in [0.2, 0.25) is 0 Å². The van der Waals surface area contributed by atoms with Gasteiger partial charge in [0.1, 0.15) is 6.54 Å². The number of alkyl halides is 3. The number of carbonyl (C=O) groups excluding carboxylic acids is 1. The summed E-state index contributed by atoms with van der Waals surface area (Å²) in [5, 5.41) is 8.02. The molecule has 1 aromatic carbocycles. The SMILES string of the molecule is O=C(Cn1ccc(C(F)(F)F)n1)Nc1ccccc1-c1cccs1. The average molecular weight is 351 g/mol. The molecule has 0 atom stereocenters. The molecule has 0 aliphatic heterocycles. The van der Waals surface area contributed by atoms with E-state index in [0.29, 0.717) is 5.69 Å². The summed E-state index contributed by atoms with van der Waals surface area (Å²) in [5.74, 6) is -0.448. The fourth-order valence-corrected chi connectivity index (χ4v) is 2.94. The number of halogens is 3. The van der Waals surface area contributed by atoms with Crippen molar-refractivity contribution in [3.05, 3.63) is 59.7 Å². The van der Waals surface area contributed by atoms with Crippen LogP contribution in [0.1, 0.15) is 5.69 Å². The highest BCUT2D eigenvalue weighted by atomic mass is 32.1. The van der Waals surface area contributed by atoms with Gasteiger partial charge in [0.15, 0.2) is 5.69 Å². The number of hydrogen-bond donors (Lipinski definition) is 1. The minimum atomic E-state index is -4.52. The number of hydrogen-bond acceptors (Lipinski definition) is 3. The van der Waals surface area contributed by atoms with Crippen molar-refractivity contribution in [2.75, 3.05) is 5.32 Å². The minimum Gasteiger partial charge on any atom is -0.324 e. The van der Waals surface area contributed by atoms with E-state index in [9.17, 15) is 18.0 Å². The second-order valence-electron chi connectivity index (χ2n) is 4.97. The Kier molecular flexibility index (Phi) is 4.39. The van der Waals surface area contributed by atoms with Crippen LogP contribution in [0.25, 0.3) is 10.4 Å². The molecule has 1 N–H and O–H groups in total. The largest absolute Gasteiger partial charge is 0.435 e. The number of thiophene rings is 1. The lowest BCUT2D eigenvalue weighted by atomic mass is 10.1. The number of rotatable bonds is 4. The van der Waals surface area contributed by atoms with Gasteiger partial charge in [0, 0.05) is 22.3 Å². The van der Waals surface area contributed by atoms with Crippen molar-refractivity contribution in [2.24, 2.45) is 0 Å². The van der Waals surface area contributed by atoms with Crippen molar-refractivity contribution in [3.8, 4) is 10.4 Å². The summed E-state index contributed by atoms with van der Waals surface area (Å²) in [5.41, 5.74) is 0.444. The second-order valence-corrected chi connectivity index (χ2v) is 5.92. The van der Waals surface area contributed by atoms with E-state index in [1.165, 1.54) is 11.3 Å². The molecule has 4 nitrogen and oxygen atoms in total. The Balaban J connectivity index is 1.73. The highest BCUT2D eigenvalue weighted by Crippen LogP contribution is 2.31. The van der Waals surface area contributed by atoms with Crippen LogP contribution in [-0.4, -0.2) is 15.7 Å². The Labute approximate surface area is 139 Å². The molecule has 0 bridgehead atoms. The molecule has 0 fully saturated rings. The molecule has 0 unspecified atom stereocenters. The highest BCUT2D eigenvalue weighted by molar-refractivity contribution is 7.13. The molecule has 2 aromatic heterocycles. The molecule has 0 saturated carbocycles. The Morgan fingerprint density at radius 1 is 1.17 bits per heavy atom. The van der Waals surface area contributed by atoms with Gasteiger partial charge >= 0.3 is 6.18 Å². The van der Waals surface area contributed by atoms with E-state index >= 15 is 0 Å². The van der Waals surface area contributed by atoms with Gasteiger partial charge in [0.05, 0.1) is 0 Å². The zero-order chi connectivity index (χ0) is 17.2. The van der Waals surface area contributed by atoms with E-state index in [-0.39, 0.29) is 6.54 Å². The van der Waals surface area contributed by atoms with Crippen molar-refractivity contribution in [3.63, 3.8) is 0 Å². The maximum Gasteiger partial charge on any atom is 0.435 e. The lowest BCUT2D eigenvalue weighted by molar-refractivity contribution is -0.141. The van der Waals surface area contributed by atoms with Crippen molar-refractivity contribution < 1.29 is 18.0 Å². The lowest BCUT2D eigenvalue weighted by Crippen LogP contribution is -2.20. The summed E-state index contributed by atoms with van der Waals surface area (Å²) in [6.07, 6.45) is -3.39. The van der Waals surface area contributed by atoms with Gasteiger partial charge in [-0.25, -0.2) is 0 Å². The van der Waals surface area contributed by atoms with Crippen molar-refractivity contribution in [1.29, 1.82) is 0 Å². The first-order chi connectivity index (χ1) is 11.4. The van der Waals surface area contributed by atoms with Crippen LogP contribution in [0.15, 0.2) is 54.0 Å².